The Morgan fingerprint density at radius 1 is 1.19 bits per heavy atom. The Balaban J connectivity index is 1.28. The van der Waals surface area contributed by atoms with Gasteiger partial charge in [-0.3, -0.25) is 4.79 Å². The number of amides is 1. The van der Waals surface area contributed by atoms with Crippen molar-refractivity contribution >= 4 is 23.3 Å². The molecule has 32 heavy (non-hydrogen) atoms. The van der Waals surface area contributed by atoms with Gasteiger partial charge in [0.2, 0.25) is 5.91 Å². The SMILES string of the molecule is C[C@@H]1C[C@@H](O)c2ncnc(N3CCN(C(=O)C(CNC4CC4)c4ccc(Cl)cc4)CC3)c21. The molecule has 170 valence electrons. The van der Waals surface area contributed by atoms with Gasteiger partial charge in [0.1, 0.15) is 12.1 Å². The molecule has 1 aromatic carbocycles. The number of nitrogens with one attached hydrogen (secondary N) is 1. The van der Waals surface area contributed by atoms with Crippen molar-refractivity contribution in [2.24, 2.45) is 0 Å². The number of fused-ring (bicyclic) bond motifs is 1. The maximum Gasteiger partial charge on any atom is 0.231 e. The number of hydrogen-bond donors (Lipinski definition) is 2. The van der Waals surface area contributed by atoms with Gasteiger partial charge in [-0.25, -0.2) is 9.97 Å². The zero-order valence-corrected chi connectivity index (χ0v) is 19.1. The number of aliphatic hydroxyl groups excluding tert-OH is 1. The Labute approximate surface area is 193 Å². The van der Waals surface area contributed by atoms with Gasteiger partial charge < -0.3 is 20.2 Å². The molecule has 1 aliphatic heterocycles. The van der Waals surface area contributed by atoms with Crippen LogP contribution < -0.4 is 10.2 Å². The fourth-order valence-electron chi connectivity index (χ4n) is 4.93. The van der Waals surface area contributed by atoms with E-state index in [1.165, 1.54) is 12.8 Å². The van der Waals surface area contributed by atoms with Gasteiger partial charge in [-0.2, -0.15) is 0 Å². The molecule has 2 heterocycles. The Kier molecular flexibility index (Phi) is 6.05. The fourth-order valence-corrected chi connectivity index (χ4v) is 5.05. The molecule has 2 fully saturated rings. The number of aliphatic hydroxyl groups is 1. The van der Waals surface area contributed by atoms with E-state index in [0.717, 1.165) is 35.7 Å². The molecular weight excluding hydrogens is 426 g/mol. The third kappa shape index (κ3) is 4.34. The lowest BCUT2D eigenvalue weighted by atomic mass is 9.97. The van der Waals surface area contributed by atoms with Gasteiger partial charge in [0.25, 0.3) is 0 Å². The van der Waals surface area contributed by atoms with E-state index in [-0.39, 0.29) is 17.7 Å². The fraction of sp³-hybridized carbons (Fsp3) is 0.542. The lowest BCUT2D eigenvalue weighted by molar-refractivity contribution is -0.133. The van der Waals surface area contributed by atoms with Crippen molar-refractivity contribution in [3.05, 3.63) is 52.4 Å². The largest absolute Gasteiger partial charge is 0.387 e. The number of aromatic nitrogens is 2. The van der Waals surface area contributed by atoms with Crippen LogP contribution in [0.2, 0.25) is 5.02 Å². The van der Waals surface area contributed by atoms with E-state index < -0.39 is 6.10 Å². The molecule has 1 saturated heterocycles. The number of hydrogen-bond acceptors (Lipinski definition) is 6. The van der Waals surface area contributed by atoms with Crippen LogP contribution in [0, 0.1) is 0 Å². The second kappa shape index (κ2) is 8.96. The molecule has 0 radical (unpaired) electrons. The van der Waals surface area contributed by atoms with Crippen molar-refractivity contribution in [3.63, 3.8) is 0 Å². The molecule has 2 aromatic rings. The summed E-state index contributed by atoms with van der Waals surface area (Å²) in [6, 6.07) is 8.19. The molecule has 1 unspecified atom stereocenters. The highest BCUT2D eigenvalue weighted by molar-refractivity contribution is 6.30. The number of nitrogens with zero attached hydrogens (tertiary/aromatic N) is 4. The normalized spacial score (nSPS) is 23.8. The van der Waals surface area contributed by atoms with E-state index in [1.54, 1.807) is 6.33 Å². The molecule has 2 N–H and O–H groups in total. The smallest absolute Gasteiger partial charge is 0.231 e. The van der Waals surface area contributed by atoms with Crippen molar-refractivity contribution in [1.29, 1.82) is 0 Å². The zero-order chi connectivity index (χ0) is 22.2. The summed E-state index contributed by atoms with van der Waals surface area (Å²) >= 11 is 6.07. The molecule has 8 heteroatoms. The van der Waals surface area contributed by atoms with Crippen LogP contribution in [0.25, 0.3) is 0 Å². The van der Waals surface area contributed by atoms with Gasteiger partial charge in [-0.15, -0.1) is 0 Å². The Morgan fingerprint density at radius 2 is 1.91 bits per heavy atom. The topological polar surface area (TPSA) is 81.6 Å². The van der Waals surface area contributed by atoms with Gasteiger partial charge >= 0.3 is 0 Å². The van der Waals surface area contributed by atoms with Crippen LogP contribution >= 0.6 is 11.6 Å². The van der Waals surface area contributed by atoms with Crippen LogP contribution in [0.4, 0.5) is 5.82 Å². The molecule has 2 aliphatic carbocycles. The summed E-state index contributed by atoms with van der Waals surface area (Å²) in [7, 11) is 0. The summed E-state index contributed by atoms with van der Waals surface area (Å²) in [4.78, 5) is 26.6. The van der Waals surface area contributed by atoms with Crippen molar-refractivity contribution in [3.8, 4) is 0 Å². The summed E-state index contributed by atoms with van der Waals surface area (Å²) in [5, 5.41) is 14.5. The quantitative estimate of drug-likeness (QED) is 0.697. The van der Waals surface area contributed by atoms with Crippen molar-refractivity contribution in [1.82, 2.24) is 20.2 Å². The maximum atomic E-state index is 13.5. The highest BCUT2D eigenvalue weighted by atomic mass is 35.5. The Bertz CT molecular complexity index is 973. The number of halogens is 1. The lowest BCUT2D eigenvalue weighted by Crippen LogP contribution is -2.51. The van der Waals surface area contributed by atoms with E-state index in [1.807, 2.05) is 29.2 Å². The lowest BCUT2D eigenvalue weighted by Gasteiger charge is -2.38. The second-order valence-corrected chi connectivity index (χ2v) is 9.68. The predicted molar refractivity (Wildman–Crippen MR) is 124 cm³/mol. The molecule has 1 saturated carbocycles. The van der Waals surface area contributed by atoms with Crippen LogP contribution in [0.5, 0.6) is 0 Å². The van der Waals surface area contributed by atoms with Gasteiger partial charge in [-0.05, 0) is 42.9 Å². The number of rotatable bonds is 6. The minimum atomic E-state index is -0.510. The maximum absolute atomic E-state index is 13.5. The third-order valence-electron chi connectivity index (χ3n) is 6.93. The average Bonchev–Trinajstić information content (AvgIpc) is 3.59. The number of carbonyl (C=O) groups excluding carboxylic acids is 1. The molecule has 3 atom stereocenters. The minimum absolute atomic E-state index is 0.164. The molecule has 1 aromatic heterocycles. The molecule has 0 bridgehead atoms. The summed E-state index contributed by atoms with van der Waals surface area (Å²) in [6.07, 6.45) is 4.11. The van der Waals surface area contributed by atoms with Crippen LogP contribution in [-0.2, 0) is 4.79 Å². The van der Waals surface area contributed by atoms with E-state index in [0.29, 0.717) is 37.1 Å². The van der Waals surface area contributed by atoms with Gasteiger partial charge in [0, 0.05) is 49.4 Å². The first-order valence-electron chi connectivity index (χ1n) is 11.6. The van der Waals surface area contributed by atoms with Crippen LogP contribution in [0.1, 0.15) is 60.9 Å². The van der Waals surface area contributed by atoms with Crippen LogP contribution in [-0.4, -0.2) is 64.6 Å². The predicted octanol–water partition coefficient (Wildman–Crippen LogP) is 2.86. The third-order valence-corrected chi connectivity index (χ3v) is 7.18. The molecule has 0 spiro atoms. The summed E-state index contributed by atoms with van der Waals surface area (Å²) in [5.74, 6) is 1.10. The molecular formula is C24H30ClN5O2. The second-order valence-electron chi connectivity index (χ2n) is 9.25. The summed E-state index contributed by atoms with van der Waals surface area (Å²) in [5.41, 5.74) is 2.83. The number of benzene rings is 1. The summed E-state index contributed by atoms with van der Waals surface area (Å²) in [6.45, 7) is 5.53. The first-order chi connectivity index (χ1) is 15.5. The summed E-state index contributed by atoms with van der Waals surface area (Å²) < 4.78 is 0. The van der Waals surface area contributed by atoms with E-state index in [9.17, 15) is 9.90 Å². The van der Waals surface area contributed by atoms with Crippen molar-refractivity contribution in [2.45, 2.75) is 50.2 Å². The Hall–Kier alpha value is -2.22. The van der Waals surface area contributed by atoms with Crippen LogP contribution in [0.15, 0.2) is 30.6 Å². The molecule has 3 aliphatic rings. The Morgan fingerprint density at radius 3 is 2.59 bits per heavy atom. The standard InChI is InChI=1S/C24H30ClN5O2/c1-15-12-20(31)22-21(15)23(28-14-27-22)29-8-10-30(11-9-29)24(32)19(13-26-18-6-7-18)16-2-4-17(25)5-3-16/h2-5,14-15,18-20,26,31H,6-13H2,1H3/t15-,19?,20-/m1/s1. The zero-order valence-electron chi connectivity index (χ0n) is 18.4. The van der Waals surface area contributed by atoms with E-state index in [4.69, 9.17) is 11.6 Å². The molecule has 1 amide bonds. The first kappa shape index (κ1) is 21.6. The number of anilines is 1. The monoisotopic (exact) mass is 455 g/mol. The van der Waals surface area contributed by atoms with Gasteiger partial charge in [-0.1, -0.05) is 30.7 Å². The van der Waals surface area contributed by atoms with Gasteiger partial charge in [0.05, 0.1) is 17.7 Å². The van der Waals surface area contributed by atoms with Crippen molar-refractivity contribution < 1.29 is 9.90 Å². The van der Waals surface area contributed by atoms with E-state index >= 15 is 0 Å². The molecule has 5 rings (SSSR count). The number of piperazine rings is 1. The van der Waals surface area contributed by atoms with Crippen LogP contribution in [0.3, 0.4) is 0 Å². The first-order valence-corrected chi connectivity index (χ1v) is 11.9. The number of carbonyl (C=O) groups is 1. The minimum Gasteiger partial charge on any atom is -0.387 e. The van der Waals surface area contributed by atoms with E-state index in [2.05, 4.69) is 27.1 Å². The van der Waals surface area contributed by atoms with Crippen molar-refractivity contribution in [2.75, 3.05) is 37.6 Å². The van der Waals surface area contributed by atoms with Gasteiger partial charge in [0.15, 0.2) is 0 Å². The average molecular weight is 456 g/mol. The molecule has 7 nitrogen and oxygen atoms in total. The highest BCUT2D eigenvalue weighted by Crippen LogP contribution is 2.42. The highest BCUT2D eigenvalue weighted by Gasteiger charge is 2.35.